The van der Waals surface area contributed by atoms with Gasteiger partial charge in [-0.15, -0.1) is 0 Å². The molecular weight excluding hydrogens is 176 g/mol. The average molecular weight is 198 g/mol. The molecule has 1 aliphatic carbocycles. The topological polar surface area (TPSA) is 37.3 Å². The lowest BCUT2D eigenvalue weighted by atomic mass is 9.59. The van der Waals surface area contributed by atoms with Gasteiger partial charge in [-0.05, 0) is 31.6 Å². The number of hydrogen-bond donors (Lipinski definition) is 1. The van der Waals surface area contributed by atoms with Crippen molar-refractivity contribution in [1.82, 2.24) is 0 Å². The summed E-state index contributed by atoms with van der Waals surface area (Å²) in [5.41, 5.74) is -0.341. The summed E-state index contributed by atoms with van der Waals surface area (Å²) in [5, 5.41) is 9.31. The molecule has 0 aromatic rings. The first-order chi connectivity index (χ1) is 6.67. The number of rotatable bonds is 6. The van der Waals surface area contributed by atoms with Gasteiger partial charge in [0.2, 0.25) is 0 Å². The minimum absolute atomic E-state index is 0.341. The lowest BCUT2D eigenvalue weighted by Crippen LogP contribution is -2.44. The SMILES string of the molecule is CCCC(CCC)C1(C(=O)O)CCC1. The van der Waals surface area contributed by atoms with Crippen molar-refractivity contribution in [2.75, 3.05) is 0 Å². The van der Waals surface area contributed by atoms with Gasteiger partial charge in [-0.1, -0.05) is 33.1 Å². The summed E-state index contributed by atoms with van der Waals surface area (Å²) >= 11 is 0. The molecule has 0 amide bonds. The molecular formula is C12H22O2. The Hall–Kier alpha value is -0.530. The third-order valence-corrected chi connectivity index (χ3v) is 3.73. The minimum Gasteiger partial charge on any atom is -0.481 e. The predicted octanol–water partition coefficient (Wildman–Crippen LogP) is 3.46. The number of aliphatic carboxylic acids is 1. The Morgan fingerprint density at radius 3 is 2.00 bits per heavy atom. The summed E-state index contributed by atoms with van der Waals surface area (Å²) < 4.78 is 0. The first kappa shape index (κ1) is 11.5. The summed E-state index contributed by atoms with van der Waals surface area (Å²) in [5.74, 6) is -0.126. The zero-order chi connectivity index (χ0) is 10.6. The van der Waals surface area contributed by atoms with Gasteiger partial charge in [0, 0.05) is 0 Å². The van der Waals surface area contributed by atoms with Gasteiger partial charge in [0.1, 0.15) is 0 Å². The summed E-state index contributed by atoms with van der Waals surface area (Å²) in [4.78, 5) is 11.3. The van der Waals surface area contributed by atoms with E-state index in [4.69, 9.17) is 0 Å². The number of carboxylic acid groups (broad SMARTS) is 1. The van der Waals surface area contributed by atoms with E-state index in [1.807, 2.05) is 0 Å². The molecule has 0 atom stereocenters. The molecule has 2 heteroatoms. The van der Waals surface area contributed by atoms with Crippen LogP contribution in [0.4, 0.5) is 0 Å². The van der Waals surface area contributed by atoms with Crippen LogP contribution in [0.25, 0.3) is 0 Å². The highest BCUT2D eigenvalue weighted by molar-refractivity contribution is 5.76. The Morgan fingerprint density at radius 1 is 1.29 bits per heavy atom. The van der Waals surface area contributed by atoms with Gasteiger partial charge >= 0.3 is 5.97 Å². The molecule has 1 N–H and O–H groups in total. The highest BCUT2D eigenvalue weighted by Crippen LogP contribution is 2.50. The van der Waals surface area contributed by atoms with Crippen LogP contribution in [0.5, 0.6) is 0 Å². The Balaban J connectivity index is 2.67. The largest absolute Gasteiger partial charge is 0.481 e. The van der Waals surface area contributed by atoms with E-state index >= 15 is 0 Å². The summed E-state index contributed by atoms with van der Waals surface area (Å²) in [7, 11) is 0. The zero-order valence-corrected chi connectivity index (χ0v) is 9.38. The van der Waals surface area contributed by atoms with E-state index < -0.39 is 5.97 Å². The highest BCUT2D eigenvalue weighted by Gasteiger charge is 2.49. The van der Waals surface area contributed by atoms with Gasteiger partial charge in [0.05, 0.1) is 5.41 Å². The van der Waals surface area contributed by atoms with Crippen molar-refractivity contribution in [3.05, 3.63) is 0 Å². The molecule has 1 fully saturated rings. The lowest BCUT2D eigenvalue weighted by Gasteiger charge is -2.44. The van der Waals surface area contributed by atoms with Crippen LogP contribution in [-0.4, -0.2) is 11.1 Å². The molecule has 0 heterocycles. The zero-order valence-electron chi connectivity index (χ0n) is 9.38. The van der Waals surface area contributed by atoms with Gasteiger partial charge in [-0.25, -0.2) is 0 Å². The average Bonchev–Trinajstić information content (AvgIpc) is 2.02. The molecule has 1 aliphatic rings. The number of hydrogen-bond acceptors (Lipinski definition) is 1. The van der Waals surface area contributed by atoms with Crippen LogP contribution in [0.3, 0.4) is 0 Å². The van der Waals surface area contributed by atoms with Gasteiger partial charge in [-0.3, -0.25) is 4.79 Å². The van der Waals surface area contributed by atoms with Crippen LogP contribution in [0.2, 0.25) is 0 Å². The molecule has 0 spiro atoms. The normalized spacial score (nSPS) is 19.4. The Kier molecular flexibility index (Phi) is 3.97. The van der Waals surface area contributed by atoms with Crippen LogP contribution >= 0.6 is 0 Å². The fourth-order valence-electron chi connectivity index (χ4n) is 2.75. The Morgan fingerprint density at radius 2 is 1.79 bits per heavy atom. The summed E-state index contributed by atoms with van der Waals surface area (Å²) in [6, 6.07) is 0. The van der Waals surface area contributed by atoms with Crippen LogP contribution < -0.4 is 0 Å². The van der Waals surface area contributed by atoms with Crippen molar-refractivity contribution >= 4 is 5.97 Å². The van der Waals surface area contributed by atoms with E-state index in [0.717, 1.165) is 44.9 Å². The van der Waals surface area contributed by atoms with Crippen LogP contribution in [0.15, 0.2) is 0 Å². The standard InChI is InChI=1S/C12H22O2/c1-3-6-10(7-4-2)12(11(13)14)8-5-9-12/h10H,3-9H2,1-2H3,(H,13,14). The van der Waals surface area contributed by atoms with Crippen molar-refractivity contribution in [1.29, 1.82) is 0 Å². The van der Waals surface area contributed by atoms with Crippen molar-refractivity contribution in [3.8, 4) is 0 Å². The number of carbonyl (C=O) groups is 1. The van der Waals surface area contributed by atoms with Crippen LogP contribution in [-0.2, 0) is 4.79 Å². The molecule has 0 aromatic carbocycles. The molecule has 1 rings (SSSR count). The summed E-state index contributed by atoms with van der Waals surface area (Å²) in [6.45, 7) is 4.30. The fourth-order valence-corrected chi connectivity index (χ4v) is 2.75. The second-order valence-corrected chi connectivity index (χ2v) is 4.59. The molecule has 0 unspecified atom stereocenters. The third-order valence-electron chi connectivity index (χ3n) is 3.73. The van der Waals surface area contributed by atoms with E-state index in [0.29, 0.717) is 5.92 Å². The second-order valence-electron chi connectivity index (χ2n) is 4.59. The van der Waals surface area contributed by atoms with E-state index in [-0.39, 0.29) is 5.41 Å². The smallest absolute Gasteiger partial charge is 0.309 e. The molecule has 1 saturated carbocycles. The van der Waals surface area contributed by atoms with E-state index in [1.165, 1.54) is 0 Å². The first-order valence-corrected chi connectivity index (χ1v) is 5.90. The second kappa shape index (κ2) is 4.81. The maximum atomic E-state index is 11.3. The van der Waals surface area contributed by atoms with E-state index in [9.17, 15) is 9.90 Å². The molecule has 0 radical (unpaired) electrons. The van der Waals surface area contributed by atoms with Crippen LogP contribution in [0.1, 0.15) is 58.8 Å². The summed E-state index contributed by atoms with van der Waals surface area (Å²) in [6.07, 6.45) is 7.32. The molecule has 0 saturated heterocycles. The molecule has 0 bridgehead atoms. The first-order valence-electron chi connectivity index (χ1n) is 5.90. The Bertz CT molecular complexity index is 188. The molecule has 0 aromatic heterocycles. The maximum Gasteiger partial charge on any atom is 0.309 e. The highest BCUT2D eigenvalue weighted by atomic mass is 16.4. The molecule has 14 heavy (non-hydrogen) atoms. The maximum absolute atomic E-state index is 11.3. The number of carboxylic acids is 1. The van der Waals surface area contributed by atoms with Gasteiger partial charge < -0.3 is 5.11 Å². The fraction of sp³-hybridized carbons (Fsp3) is 0.917. The van der Waals surface area contributed by atoms with Crippen molar-refractivity contribution in [2.24, 2.45) is 11.3 Å². The van der Waals surface area contributed by atoms with E-state index in [1.54, 1.807) is 0 Å². The van der Waals surface area contributed by atoms with Crippen molar-refractivity contribution in [2.45, 2.75) is 58.8 Å². The van der Waals surface area contributed by atoms with Crippen molar-refractivity contribution < 1.29 is 9.90 Å². The molecule has 82 valence electrons. The third kappa shape index (κ3) is 1.94. The van der Waals surface area contributed by atoms with Gasteiger partial charge in [-0.2, -0.15) is 0 Å². The monoisotopic (exact) mass is 198 g/mol. The molecule has 0 aliphatic heterocycles. The van der Waals surface area contributed by atoms with Crippen LogP contribution in [0, 0.1) is 11.3 Å². The minimum atomic E-state index is -0.546. The van der Waals surface area contributed by atoms with Gasteiger partial charge in [0.15, 0.2) is 0 Å². The van der Waals surface area contributed by atoms with E-state index in [2.05, 4.69) is 13.8 Å². The quantitative estimate of drug-likeness (QED) is 0.709. The molecule has 2 nitrogen and oxygen atoms in total. The predicted molar refractivity (Wildman–Crippen MR) is 57.2 cm³/mol. The van der Waals surface area contributed by atoms with Crippen molar-refractivity contribution in [3.63, 3.8) is 0 Å². The van der Waals surface area contributed by atoms with Gasteiger partial charge in [0.25, 0.3) is 0 Å². The Labute approximate surface area is 86.7 Å². The lowest BCUT2D eigenvalue weighted by molar-refractivity contribution is -0.160.